The predicted molar refractivity (Wildman–Crippen MR) is 108 cm³/mol. The summed E-state index contributed by atoms with van der Waals surface area (Å²) in [4.78, 5) is 14.9. The van der Waals surface area contributed by atoms with Gasteiger partial charge >= 0.3 is 0 Å². The molecule has 1 aromatic heterocycles. The van der Waals surface area contributed by atoms with Gasteiger partial charge in [0.1, 0.15) is 22.3 Å². The Labute approximate surface area is 169 Å². The molecule has 0 spiro atoms. The van der Waals surface area contributed by atoms with Crippen LogP contribution in [0, 0.1) is 11.3 Å². The highest BCUT2D eigenvalue weighted by Gasteiger charge is 2.18. The number of halogens is 1. The lowest BCUT2D eigenvalue weighted by atomic mass is 9.99. The highest BCUT2D eigenvalue weighted by molar-refractivity contribution is 9.10. The van der Waals surface area contributed by atoms with Crippen LogP contribution in [-0.2, 0) is 10.0 Å². The Bertz CT molecular complexity index is 1280. The summed E-state index contributed by atoms with van der Waals surface area (Å²) < 4.78 is 29.6. The number of benzene rings is 2. The molecule has 0 aliphatic carbocycles. The summed E-state index contributed by atoms with van der Waals surface area (Å²) in [5.74, 6) is 0.0921. The molecule has 0 aliphatic rings. The number of nitrogens with one attached hydrogen (secondary N) is 1. The molecule has 2 aromatic carbocycles. The van der Waals surface area contributed by atoms with Crippen molar-refractivity contribution in [1.29, 1.82) is 5.26 Å². The van der Waals surface area contributed by atoms with Gasteiger partial charge in [-0.15, -0.1) is 0 Å². The van der Waals surface area contributed by atoms with Crippen LogP contribution in [0.15, 0.2) is 62.7 Å². The number of hydrogen-bond donors (Lipinski definition) is 2. The van der Waals surface area contributed by atoms with Crippen LogP contribution in [0.1, 0.15) is 5.56 Å². The highest BCUT2D eigenvalue weighted by Crippen LogP contribution is 2.31. The number of methoxy groups -OCH3 is 1. The SMILES string of the molecule is COc1ccc(-c2cc(-c3cccc(Br)c3)c(C#N)c(=O)[nH]2)cc1S(N)(=O)=O. The molecule has 142 valence electrons. The molecule has 3 N–H and O–H groups in total. The number of nitriles is 1. The van der Waals surface area contributed by atoms with Crippen molar-refractivity contribution >= 4 is 26.0 Å². The number of sulfonamides is 1. The summed E-state index contributed by atoms with van der Waals surface area (Å²) in [6.45, 7) is 0. The van der Waals surface area contributed by atoms with Crippen LogP contribution in [0.2, 0.25) is 0 Å². The molecule has 3 aromatic rings. The van der Waals surface area contributed by atoms with Gasteiger partial charge in [0.05, 0.1) is 7.11 Å². The molecule has 0 amide bonds. The quantitative estimate of drug-likeness (QED) is 0.619. The molecule has 0 bridgehead atoms. The maximum Gasteiger partial charge on any atom is 0.266 e. The standard InChI is InChI=1S/C19H14BrN3O4S/c1-27-17-6-5-12(8-18(17)28(22,25)26)16-9-14(15(10-21)19(24)23-16)11-3-2-4-13(20)7-11/h2-9H,1H3,(H,23,24)(H2,22,25,26). The minimum absolute atomic E-state index is 0.0398. The van der Waals surface area contributed by atoms with E-state index in [4.69, 9.17) is 9.88 Å². The third-order valence-corrected chi connectivity index (χ3v) is 5.49. The van der Waals surface area contributed by atoms with E-state index in [2.05, 4.69) is 20.9 Å². The average molecular weight is 460 g/mol. The minimum atomic E-state index is -4.04. The summed E-state index contributed by atoms with van der Waals surface area (Å²) in [5.41, 5.74) is 1.22. The van der Waals surface area contributed by atoms with Crippen molar-refractivity contribution in [3.05, 3.63) is 68.9 Å². The molecule has 0 aliphatic heterocycles. The van der Waals surface area contributed by atoms with Gasteiger partial charge in [0, 0.05) is 15.7 Å². The Morgan fingerprint density at radius 2 is 1.89 bits per heavy atom. The molecule has 3 rings (SSSR count). The number of ether oxygens (including phenoxy) is 1. The minimum Gasteiger partial charge on any atom is -0.495 e. The second-order valence-corrected chi connectivity index (χ2v) is 8.28. The van der Waals surface area contributed by atoms with E-state index >= 15 is 0 Å². The van der Waals surface area contributed by atoms with Crippen molar-refractivity contribution < 1.29 is 13.2 Å². The third-order valence-electron chi connectivity index (χ3n) is 4.06. The second-order valence-electron chi connectivity index (χ2n) is 5.83. The van der Waals surface area contributed by atoms with E-state index in [-0.39, 0.29) is 16.2 Å². The molecule has 0 unspecified atom stereocenters. The summed E-state index contributed by atoms with van der Waals surface area (Å²) in [6, 6.07) is 15.1. The van der Waals surface area contributed by atoms with Gasteiger partial charge in [-0.3, -0.25) is 4.79 Å². The molecule has 0 radical (unpaired) electrons. The molecule has 28 heavy (non-hydrogen) atoms. The number of aromatic nitrogens is 1. The van der Waals surface area contributed by atoms with Gasteiger partial charge in [-0.1, -0.05) is 28.1 Å². The molecular formula is C19H14BrN3O4S. The van der Waals surface area contributed by atoms with Crippen molar-refractivity contribution in [3.63, 3.8) is 0 Å². The van der Waals surface area contributed by atoms with Crippen molar-refractivity contribution in [2.75, 3.05) is 7.11 Å². The van der Waals surface area contributed by atoms with Gasteiger partial charge in [-0.05, 0) is 47.5 Å². The lowest BCUT2D eigenvalue weighted by molar-refractivity contribution is 0.403. The first-order chi connectivity index (χ1) is 13.2. The zero-order chi connectivity index (χ0) is 20.5. The number of nitrogens with zero attached hydrogens (tertiary/aromatic N) is 1. The zero-order valence-corrected chi connectivity index (χ0v) is 17.0. The van der Waals surface area contributed by atoms with Crippen LogP contribution in [0.5, 0.6) is 5.75 Å². The zero-order valence-electron chi connectivity index (χ0n) is 14.6. The summed E-state index contributed by atoms with van der Waals surface area (Å²) in [6.07, 6.45) is 0. The molecule has 9 heteroatoms. The summed E-state index contributed by atoms with van der Waals surface area (Å²) in [7, 11) is -2.71. The lowest BCUT2D eigenvalue weighted by Gasteiger charge is -2.11. The average Bonchev–Trinajstić information content (AvgIpc) is 2.66. The topological polar surface area (TPSA) is 126 Å². The Hall–Kier alpha value is -2.93. The molecule has 1 heterocycles. The maximum absolute atomic E-state index is 12.5. The van der Waals surface area contributed by atoms with Crippen LogP contribution in [0.3, 0.4) is 0 Å². The molecule has 0 saturated heterocycles. The Kier molecular flexibility index (Phi) is 5.38. The number of aromatic amines is 1. The fraction of sp³-hybridized carbons (Fsp3) is 0.0526. The second kappa shape index (κ2) is 7.59. The first-order valence-electron chi connectivity index (χ1n) is 7.89. The van der Waals surface area contributed by atoms with Crippen molar-refractivity contribution in [3.8, 4) is 34.2 Å². The third kappa shape index (κ3) is 3.84. The normalized spacial score (nSPS) is 11.1. The van der Waals surface area contributed by atoms with E-state index in [1.54, 1.807) is 30.3 Å². The lowest BCUT2D eigenvalue weighted by Crippen LogP contribution is -2.15. The van der Waals surface area contributed by atoms with Crippen LogP contribution in [-0.4, -0.2) is 20.5 Å². The number of hydrogen-bond acceptors (Lipinski definition) is 5. The van der Waals surface area contributed by atoms with E-state index in [0.29, 0.717) is 22.4 Å². The van der Waals surface area contributed by atoms with Crippen LogP contribution >= 0.6 is 15.9 Å². The molecular weight excluding hydrogens is 446 g/mol. The molecule has 0 fully saturated rings. The van der Waals surface area contributed by atoms with Gasteiger partial charge in [0.2, 0.25) is 10.0 Å². The summed E-state index contributed by atoms with van der Waals surface area (Å²) in [5, 5.41) is 14.7. The van der Waals surface area contributed by atoms with Crippen LogP contribution in [0.4, 0.5) is 0 Å². The number of rotatable bonds is 4. The number of H-pyrrole nitrogens is 1. The molecule has 7 nitrogen and oxygen atoms in total. The summed E-state index contributed by atoms with van der Waals surface area (Å²) >= 11 is 3.37. The largest absolute Gasteiger partial charge is 0.495 e. The van der Waals surface area contributed by atoms with Gasteiger partial charge in [-0.2, -0.15) is 5.26 Å². The monoisotopic (exact) mass is 459 g/mol. The molecule has 0 atom stereocenters. The van der Waals surface area contributed by atoms with Crippen LogP contribution in [0.25, 0.3) is 22.4 Å². The Morgan fingerprint density at radius 3 is 2.50 bits per heavy atom. The van der Waals surface area contributed by atoms with Crippen LogP contribution < -0.4 is 15.4 Å². The Morgan fingerprint density at radius 1 is 1.14 bits per heavy atom. The number of primary sulfonamides is 1. The fourth-order valence-corrected chi connectivity index (χ4v) is 3.90. The maximum atomic E-state index is 12.5. The molecule has 0 saturated carbocycles. The van der Waals surface area contributed by atoms with Gasteiger partial charge in [0.15, 0.2) is 0 Å². The number of pyridine rings is 1. The first kappa shape index (κ1) is 19.8. The predicted octanol–water partition coefficient (Wildman–Crippen LogP) is 3.00. The van der Waals surface area contributed by atoms with Gasteiger partial charge in [-0.25, -0.2) is 13.6 Å². The van der Waals surface area contributed by atoms with Crippen molar-refractivity contribution in [2.24, 2.45) is 5.14 Å². The van der Waals surface area contributed by atoms with E-state index in [9.17, 15) is 18.5 Å². The smallest absolute Gasteiger partial charge is 0.266 e. The van der Waals surface area contributed by atoms with Gasteiger partial charge < -0.3 is 9.72 Å². The van der Waals surface area contributed by atoms with E-state index < -0.39 is 15.6 Å². The van der Waals surface area contributed by atoms with Crippen molar-refractivity contribution in [1.82, 2.24) is 4.98 Å². The highest BCUT2D eigenvalue weighted by atomic mass is 79.9. The van der Waals surface area contributed by atoms with Crippen molar-refractivity contribution in [2.45, 2.75) is 4.90 Å². The number of nitrogens with two attached hydrogens (primary N) is 1. The van der Waals surface area contributed by atoms with Gasteiger partial charge in [0.25, 0.3) is 5.56 Å². The van der Waals surface area contributed by atoms with E-state index in [1.165, 1.54) is 19.2 Å². The van der Waals surface area contributed by atoms with E-state index in [0.717, 1.165) is 4.47 Å². The fourth-order valence-electron chi connectivity index (χ4n) is 2.78. The Balaban J connectivity index is 2.28. The first-order valence-corrected chi connectivity index (χ1v) is 10.2. The van der Waals surface area contributed by atoms with E-state index in [1.807, 2.05) is 12.1 Å².